The average molecular weight is 171 g/mol. The van der Waals surface area contributed by atoms with Crippen molar-refractivity contribution in [2.24, 2.45) is 0 Å². The highest BCUT2D eigenvalue weighted by Gasteiger charge is 2.06. The number of hydrogen-bond donors (Lipinski definition) is 1. The molecule has 0 aromatic carbocycles. The van der Waals surface area contributed by atoms with Gasteiger partial charge in [0, 0.05) is 0 Å². The highest BCUT2D eigenvalue weighted by Crippen LogP contribution is 2.16. The van der Waals surface area contributed by atoms with Crippen molar-refractivity contribution >= 4 is 28.6 Å². The van der Waals surface area contributed by atoms with Gasteiger partial charge in [-0.2, -0.15) is 0 Å². The van der Waals surface area contributed by atoms with Crippen molar-refractivity contribution in [3.63, 3.8) is 0 Å². The molecule has 2 heterocycles. The van der Waals surface area contributed by atoms with E-state index in [1.54, 1.807) is 0 Å². The minimum absolute atomic E-state index is 0.204. The molecule has 6 heteroatoms. The number of anilines is 1. The number of nitrogen functional groups attached to an aromatic ring is 1. The molecule has 0 atom stereocenters. The molecule has 0 bridgehead atoms. The van der Waals surface area contributed by atoms with Crippen molar-refractivity contribution in [2.75, 3.05) is 5.73 Å². The van der Waals surface area contributed by atoms with Gasteiger partial charge in [0.05, 0.1) is 6.20 Å². The zero-order valence-electron chi connectivity index (χ0n) is 5.28. The fourth-order valence-corrected chi connectivity index (χ4v) is 0.859. The summed E-state index contributed by atoms with van der Waals surface area (Å²) in [7, 11) is 0. The van der Waals surface area contributed by atoms with E-state index in [2.05, 4.69) is 15.1 Å². The molecule has 2 aromatic rings. The third-order valence-corrected chi connectivity index (χ3v) is 1.36. The fourth-order valence-electron chi connectivity index (χ4n) is 0.726. The van der Waals surface area contributed by atoms with Crippen LogP contribution in [0.2, 0.25) is 5.15 Å². The first-order valence-electron chi connectivity index (χ1n) is 2.81. The molecule has 0 saturated carbocycles. The second-order valence-corrected chi connectivity index (χ2v) is 2.30. The topological polar surface area (TPSA) is 77.8 Å². The molecule has 56 valence electrons. The molecule has 5 nitrogen and oxygen atoms in total. The summed E-state index contributed by atoms with van der Waals surface area (Å²) in [5.41, 5.74) is 6.08. The SMILES string of the molecule is Nc1noc2ncc(Cl)nc12. The Kier molecular flexibility index (Phi) is 1.19. The summed E-state index contributed by atoms with van der Waals surface area (Å²) < 4.78 is 4.70. The molecule has 0 spiro atoms. The largest absolute Gasteiger partial charge is 0.379 e. The van der Waals surface area contributed by atoms with Gasteiger partial charge >= 0.3 is 0 Å². The van der Waals surface area contributed by atoms with Crippen LogP contribution in [-0.4, -0.2) is 15.1 Å². The van der Waals surface area contributed by atoms with Crippen molar-refractivity contribution in [1.29, 1.82) is 0 Å². The first kappa shape index (κ1) is 6.36. The van der Waals surface area contributed by atoms with E-state index in [9.17, 15) is 0 Å². The van der Waals surface area contributed by atoms with Crippen LogP contribution in [0.15, 0.2) is 10.7 Å². The van der Waals surface area contributed by atoms with Gasteiger partial charge in [0.25, 0.3) is 5.71 Å². The van der Waals surface area contributed by atoms with Crippen LogP contribution in [0.5, 0.6) is 0 Å². The highest BCUT2D eigenvalue weighted by molar-refractivity contribution is 6.29. The summed E-state index contributed by atoms with van der Waals surface area (Å²) >= 11 is 5.55. The normalized spacial score (nSPS) is 10.6. The van der Waals surface area contributed by atoms with Crippen LogP contribution in [0.4, 0.5) is 5.82 Å². The standard InChI is InChI=1S/C5H3ClN4O/c6-2-1-8-5-3(9-2)4(7)10-11-5/h1H,(H2,7,10). The van der Waals surface area contributed by atoms with Crippen LogP contribution in [0, 0.1) is 0 Å². The van der Waals surface area contributed by atoms with Gasteiger partial charge in [0.15, 0.2) is 11.3 Å². The lowest BCUT2D eigenvalue weighted by molar-refractivity contribution is 0.452. The lowest BCUT2D eigenvalue weighted by atomic mass is 10.5. The summed E-state index contributed by atoms with van der Waals surface area (Å²) in [5, 5.41) is 3.73. The first-order valence-corrected chi connectivity index (χ1v) is 3.18. The maximum Gasteiger partial charge on any atom is 0.278 e. The molecule has 2 rings (SSSR count). The third kappa shape index (κ3) is 0.894. The molecule has 0 aliphatic carbocycles. The van der Waals surface area contributed by atoms with Crippen LogP contribution in [-0.2, 0) is 0 Å². The quantitative estimate of drug-likeness (QED) is 0.634. The lowest BCUT2D eigenvalue weighted by Crippen LogP contribution is -1.86. The van der Waals surface area contributed by atoms with E-state index >= 15 is 0 Å². The molecule has 0 aliphatic heterocycles. The van der Waals surface area contributed by atoms with Crippen LogP contribution < -0.4 is 5.73 Å². The minimum atomic E-state index is 0.204. The Morgan fingerprint density at radius 1 is 1.55 bits per heavy atom. The Morgan fingerprint density at radius 3 is 3.18 bits per heavy atom. The maximum absolute atomic E-state index is 5.55. The number of nitrogens with two attached hydrogens (primary N) is 1. The molecule has 0 fully saturated rings. The Morgan fingerprint density at radius 2 is 2.36 bits per heavy atom. The second-order valence-electron chi connectivity index (χ2n) is 1.91. The van der Waals surface area contributed by atoms with Crippen molar-refractivity contribution in [1.82, 2.24) is 15.1 Å². The number of aromatic nitrogens is 3. The van der Waals surface area contributed by atoms with E-state index in [0.29, 0.717) is 11.2 Å². The van der Waals surface area contributed by atoms with Gasteiger partial charge in [-0.3, -0.25) is 0 Å². The van der Waals surface area contributed by atoms with Crippen LogP contribution in [0.1, 0.15) is 0 Å². The highest BCUT2D eigenvalue weighted by atomic mass is 35.5. The van der Waals surface area contributed by atoms with E-state index in [-0.39, 0.29) is 11.0 Å². The van der Waals surface area contributed by atoms with Gasteiger partial charge in [-0.1, -0.05) is 16.8 Å². The van der Waals surface area contributed by atoms with Gasteiger partial charge in [0.1, 0.15) is 5.15 Å². The van der Waals surface area contributed by atoms with Gasteiger partial charge in [-0.25, -0.2) is 9.97 Å². The maximum atomic E-state index is 5.55. The zero-order valence-corrected chi connectivity index (χ0v) is 6.04. The molecule has 11 heavy (non-hydrogen) atoms. The molecule has 2 N–H and O–H groups in total. The molecule has 0 radical (unpaired) electrons. The number of fused-ring (bicyclic) bond motifs is 1. The smallest absolute Gasteiger partial charge is 0.278 e. The lowest BCUT2D eigenvalue weighted by Gasteiger charge is -1.86. The fraction of sp³-hybridized carbons (Fsp3) is 0. The van der Waals surface area contributed by atoms with E-state index < -0.39 is 0 Å². The first-order chi connectivity index (χ1) is 5.27. The number of rotatable bonds is 0. The third-order valence-electron chi connectivity index (χ3n) is 1.18. The Balaban J connectivity index is 2.87. The van der Waals surface area contributed by atoms with Gasteiger partial charge in [-0.15, -0.1) is 0 Å². The molecule has 0 amide bonds. The summed E-state index contributed by atoms with van der Waals surface area (Å²) in [5.74, 6) is 0.204. The Labute approximate surface area is 66.2 Å². The van der Waals surface area contributed by atoms with Crippen molar-refractivity contribution in [3.05, 3.63) is 11.3 Å². The number of nitrogens with zero attached hydrogens (tertiary/aromatic N) is 3. The van der Waals surface area contributed by atoms with Gasteiger partial charge in [0.2, 0.25) is 0 Å². The van der Waals surface area contributed by atoms with Crippen LogP contribution in [0.3, 0.4) is 0 Å². The monoisotopic (exact) mass is 170 g/mol. The number of hydrogen-bond acceptors (Lipinski definition) is 5. The van der Waals surface area contributed by atoms with E-state index in [4.69, 9.17) is 21.9 Å². The molecule has 0 unspecified atom stereocenters. The predicted octanol–water partition coefficient (Wildman–Crippen LogP) is 0.853. The summed E-state index contributed by atoms with van der Waals surface area (Å²) in [6.45, 7) is 0. The minimum Gasteiger partial charge on any atom is -0.379 e. The second kappa shape index (κ2) is 2.06. The zero-order chi connectivity index (χ0) is 7.84. The Hall–Kier alpha value is -1.36. The molecule has 0 aliphatic rings. The Bertz CT molecular complexity index is 398. The van der Waals surface area contributed by atoms with Crippen LogP contribution in [0.25, 0.3) is 11.2 Å². The van der Waals surface area contributed by atoms with E-state index in [1.807, 2.05) is 0 Å². The van der Waals surface area contributed by atoms with E-state index in [1.165, 1.54) is 6.20 Å². The van der Waals surface area contributed by atoms with Crippen molar-refractivity contribution < 1.29 is 4.52 Å². The molecular weight excluding hydrogens is 168 g/mol. The van der Waals surface area contributed by atoms with Gasteiger partial charge < -0.3 is 10.3 Å². The van der Waals surface area contributed by atoms with Gasteiger partial charge in [-0.05, 0) is 0 Å². The molecule has 0 saturated heterocycles. The summed E-state index contributed by atoms with van der Waals surface area (Å²) in [6.07, 6.45) is 1.37. The number of halogens is 1. The van der Waals surface area contributed by atoms with Crippen LogP contribution >= 0.6 is 11.6 Å². The predicted molar refractivity (Wildman–Crippen MR) is 39.0 cm³/mol. The van der Waals surface area contributed by atoms with Crippen molar-refractivity contribution in [3.8, 4) is 0 Å². The summed E-state index contributed by atoms with van der Waals surface area (Å²) in [6, 6.07) is 0. The van der Waals surface area contributed by atoms with E-state index in [0.717, 1.165) is 0 Å². The molecule has 2 aromatic heterocycles. The average Bonchev–Trinajstić information content (AvgIpc) is 2.33. The summed E-state index contributed by atoms with van der Waals surface area (Å²) in [4.78, 5) is 7.65. The van der Waals surface area contributed by atoms with Crippen molar-refractivity contribution in [2.45, 2.75) is 0 Å². The molecular formula is C5H3ClN4O.